The average molecular weight is 189 g/mol. The van der Waals surface area contributed by atoms with E-state index in [2.05, 4.69) is 0 Å². The van der Waals surface area contributed by atoms with Crippen LogP contribution in [0.4, 0.5) is 0 Å². The van der Waals surface area contributed by atoms with E-state index < -0.39 is 15.1 Å². The van der Waals surface area contributed by atoms with Gasteiger partial charge in [-0.2, -0.15) is 5.26 Å². The number of rotatable bonds is 4. The maximum absolute atomic E-state index is 11.1. The molecule has 70 valence electrons. The summed E-state index contributed by atoms with van der Waals surface area (Å²) in [5.41, 5.74) is 0. The summed E-state index contributed by atoms with van der Waals surface area (Å²) in [6, 6.07) is 1.86. The van der Waals surface area contributed by atoms with Gasteiger partial charge in [0, 0.05) is 6.26 Å². The van der Waals surface area contributed by atoms with Gasteiger partial charge >= 0.3 is 0 Å². The topological polar surface area (TPSA) is 57.9 Å². The van der Waals surface area contributed by atoms with Gasteiger partial charge in [-0.1, -0.05) is 26.7 Å². The molecule has 0 fully saturated rings. The predicted molar refractivity (Wildman–Crippen MR) is 48.3 cm³/mol. The van der Waals surface area contributed by atoms with Gasteiger partial charge in [-0.15, -0.1) is 0 Å². The molecule has 0 saturated heterocycles. The molecule has 1 unspecified atom stereocenters. The second kappa shape index (κ2) is 4.46. The van der Waals surface area contributed by atoms with Crippen LogP contribution in [0.5, 0.6) is 0 Å². The normalized spacial score (nSPS) is 14.2. The Balaban J connectivity index is 4.70. The molecule has 0 N–H and O–H groups in total. The van der Waals surface area contributed by atoms with Crippen LogP contribution in [-0.4, -0.2) is 19.9 Å². The number of hydrogen-bond donors (Lipinski definition) is 0. The minimum Gasteiger partial charge on any atom is -0.228 e. The van der Waals surface area contributed by atoms with Gasteiger partial charge in [0.05, 0.1) is 6.07 Å². The minimum absolute atomic E-state index is 0.0231. The van der Waals surface area contributed by atoms with Gasteiger partial charge in [0.25, 0.3) is 0 Å². The van der Waals surface area contributed by atoms with Crippen molar-refractivity contribution in [3.8, 4) is 6.07 Å². The van der Waals surface area contributed by atoms with Crippen molar-refractivity contribution in [2.75, 3.05) is 6.26 Å². The first kappa shape index (κ1) is 11.4. The van der Waals surface area contributed by atoms with Crippen LogP contribution < -0.4 is 0 Å². The van der Waals surface area contributed by atoms with Crippen LogP contribution in [0.2, 0.25) is 0 Å². The fourth-order valence-corrected chi connectivity index (χ4v) is 2.54. The van der Waals surface area contributed by atoms with Gasteiger partial charge in [-0.05, 0) is 5.92 Å². The lowest BCUT2D eigenvalue weighted by molar-refractivity contribution is 0.489. The highest BCUT2D eigenvalue weighted by atomic mass is 32.2. The van der Waals surface area contributed by atoms with Crippen LogP contribution in [0.3, 0.4) is 0 Å². The largest absolute Gasteiger partial charge is 0.228 e. The molecule has 0 bridgehead atoms. The molecule has 0 spiro atoms. The maximum Gasteiger partial charge on any atom is 0.163 e. The Morgan fingerprint density at radius 2 is 1.75 bits per heavy atom. The zero-order valence-electron chi connectivity index (χ0n) is 7.74. The van der Waals surface area contributed by atoms with Crippen molar-refractivity contribution in [2.45, 2.75) is 31.9 Å². The van der Waals surface area contributed by atoms with E-state index in [1.54, 1.807) is 0 Å². The van der Waals surface area contributed by atoms with E-state index in [4.69, 9.17) is 5.26 Å². The summed E-state index contributed by atoms with van der Waals surface area (Å²) in [4.78, 5) is 0. The molecule has 3 nitrogen and oxygen atoms in total. The lowest BCUT2D eigenvalue weighted by Gasteiger charge is -2.16. The third kappa shape index (κ3) is 2.82. The van der Waals surface area contributed by atoms with Crippen LogP contribution in [0.1, 0.15) is 26.7 Å². The van der Waals surface area contributed by atoms with E-state index >= 15 is 0 Å². The monoisotopic (exact) mass is 189 g/mol. The van der Waals surface area contributed by atoms with E-state index in [-0.39, 0.29) is 5.92 Å². The minimum atomic E-state index is -3.20. The molecule has 0 amide bonds. The SMILES string of the molecule is CCC(CC)C(C#N)S(C)(=O)=O. The molecule has 0 aromatic heterocycles. The Morgan fingerprint density at radius 1 is 1.33 bits per heavy atom. The summed E-state index contributed by atoms with van der Waals surface area (Å²) in [6.45, 7) is 3.81. The van der Waals surface area contributed by atoms with Crippen LogP contribution in [0, 0.1) is 17.2 Å². The highest BCUT2D eigenvalue weighted by Gasteiger charge is 2.27. The molecule has 0 aromatic carbocycles. The smallest absolute Gasteiger partial charge is 0.163 e. The first-order chi connectivity index (χ1) is 5.47. The zero-order chi connectivity index (χ0) is 9.78. The quantitative estimate of drug-likeness (QED) is 0.671. The van der Waals surface area contributed by atoms with Gasteiger partial charge < -0.3 is 0 Å². The molecular formula is C8H15NO2S. The number of nitriles is 1. The summed E-state index contributed by atoms with van der Waals surface area (Å²) in [6.07, 6.45) is 2.60. The molecule has 0 saturated carbocycles. The molecule has 12 heavy (non-hydrogen) atoms. The van der Waals surface area contributed by atoms with E-state index in [0.29, 0.717) is 0 Å². The summed E-state index contributed by atoms with van der Waals surface area (Å²) in [5.74, 6) is -0.0231. The fraction of sp³-hybridized carbons (Fsp3) is 0.875. The molecule has 0 aliphatic carbocycles. The van der Waals surface area contributed by atoms with Gasteiger partial charge in [0.1, 0.15) is 0 Å². The van der Waals surface area contributed by atoms with E-state index in [1.165, 1.54) is 0 Å². The van der Waals surface area contributed by atoms with E-state index in [1.807, 2.05) is 19.9 Å². The highest BCUT2D eigenvalue weighted by Crippen LogP contribution is 2.18. The predicted octanol–water partition coefficient (Wildman–Crippen LogP) is 1.36. The molecule has 0 aliphatic heterocycles. The lowest BCUT2D eigenvalue weighted by atomic mass is 10.0. The Labute approximate surface area is 74.3 Å². The molecule has 0 aromatic rings. The van der Waals surface area contributed by atoms with Gasteiger partial charge in [0.2, 0.25) is 0 Å². The van der Waals surface area contributed by atoms with Crippen LogP contribution in [0.25, 0.3) is 0 Å². The molecule has 0 heterocycles. The van der Waals surface area contributed by atoms with Crippen molar-refractivity contribution >= 4 is 9.84 Å². The number of hydrogen-bond acceptors (Lipinski definition) is 3. The molecule has 4 heteroatoms. The third-order valence-electron chi connectivity index (χ3n) is 2.07. The second-order valence-electron chi connectivity index (χ2n) is 2.96. The van der Waals surface area contributed by atoms with Crippen molar-refractivity contribution in [1.29, 1.82) is 5.26 Å². The molecule has 0 radical (unpaired) electrons. The summed E-state index contributed by atoms with van der Waals surface area (Å²) in [7, 11) is -3.20. The van der Waals surface area contributed by atoms with Crippen molar-refractivity contribution in [2.24, 2.45) is 5.92 Å². The molecular weight excluding hydrogens is 174 g/mol. The van der Waals surface area contributed by atoms with Gasteiger partial charge in [-0.3, -0.25) is 0 Å². The summed E-state index contributed by atoms with van der Waals surface area (Å²) >= 11 is 0. The van der Waals surface area contributed by atoms with Crippen molar-refractivity contribution in [3.63, 3.8) is 0 Å². The number of sulfone groups is 1. The van der Waals surface area contributed by atoms with Crippen molar-refractivity contribution in [3.05, 3.63) is 0 Å². The lowest BCUT2D eigenvalue weighted by Crippen LogP contribution is -2.26. The highest BCUT2D eigenvalue weighted by molar-refractivity contribution is 7.91. The molecule has 0 rings (SSSR count). The fourth-order valence-electron chi connectivity index (χ4n) is 1.27. The standard InChI is InChI=1S/C8H15NO2S/c1-4-7(5-2)8(6-9)12(3,10)11/h7-8H,4-5H2,1-3H3. The Bertz CT molecular complexity index is 259. The average Bonchev–Trinajstić information content (AvgIpc) is 1.97. The van der Waals surface area contributed by atoms with Gasteiger partial charge in [-0.25, -0.2) is 8.42 Å². The van der Waals surface area contributed by atoms with Gasteiger partial charge in [0.15, 0.2) is 15.1 Å². The second-order valence-corrected chi connectivity index (χ2v) is 5.12. The first-order valence-corrected chi connectivity index (χ1v) is 6.01. The maximum atomic E-state index is 11.1. The van der Waals surface area contributed by atoms with Crippen molar-refractivity contribution < 1.29 is 8.42 Å². The first-order valence-electron chi connectivity index (χ1n) is 4.05. The summed E-state index contributed by atoms with van der Waals surface area (Å²) < 4.78 is 22.2. The molecule has 0 aliphatic rings. The van der Waals surface area contributed by atoms with Crippen LogP contribution >= 0.6 is 0 Å². The van der Waals surface area contributed by atoms with E-state index in [9.17, 15) is 8.42 Å². The zero-order valence-corrected chi connectivity index (χ0v) is 8.56. The van der Waals surface area contributed by atoms with Crippen molar-refractivity contribution in [1.82, 2.24) is 0 Å². The van der Waals surface area contributed by atoms with Crippen LogP contribution in [-0.2, 0) is 9.84 Å². The van der Waals surface area contributed by atoms with E-state index in [0.717, 1.165) is 19.1 Å². The Hall–Kier alpha value is -0.560. The Morgan fingerprint density at radius 3 is 1.83 bits per heavy atom. The van der Waals surface area contributed by atoms with Crippen LogP contribution in [0.15, 0.2) is 0 Å². The molecule has 1 atom stereocenters. The third-order valence-corrected chi connectivity index (χ3v) is 3.48. The number of nitrogens with zero attached hydrogens (tertiary/aromatic N) is 1. The summed E-state index contributed by atoms with van der Waals surface area (Å²) in [5, 5.41) is 7.84. The Kier molecular flexibility index (Phi) is 4.25.